The fraction of sp³-hybridized carbons (Fsp3) is 0.550. The normalized spacial score (nSPS) is 48.5. The van der Waals surface area contributed by atoms with Gasteiger partial charge in [-0.25, -0.2) is 0 Å². The number of rotatable bonds is 1. The summed E-state index contributed by atoms with van der Waals surface area (Å²) in [5, 5.41) is 0. The number of hydrogen-bond acceptors (Lipinski definition) is 2. The van der Waals surface area contributed by atoms with Gasteiger partial charge in [-0.1, -0.05) is 37.3 Å². The summed E-state index contributed by atoms with van der Waals surface area (Å²) in [7, 11) is 0. The Hall–Kier alpha value is -1.41. The minimum atomic E-state index is 0.0368. The monoisotopic (exact) mass is 294 g/mol. The Kier molecular flexibility index (Phi) is 2.32. The highest BCUT2D eigenvalue weighted by atomic mass is 16.5. The molecule has 2 saturated heterocycles. The molecule has 6 atom stereocenters. The second kappa shape index (κ2) is 3.91. The van der Waals surface area contributed by atoms with Gasteiger partial charge in [0, 0.05) is 17.3 Å². The van der Waals surface area contributed by atoms with Crippen LogP contribution in [-0.4, -0.2) is 17.5 Å². The Labute approximate surface area is 131 Å². The summed E-state index contributed by atoms with van der Waals surface area (Å²) in [6, 6.07) is 10.5. The van der Waals surface area contributed by atoms with Crippen LogP contribution in [0.25, 0.3) is 5.57 Å². The zero-order valence-electron chi connectivity index (χ0n) is 13.2. The number of ether oxygens (including phenoxy) is 1. The average molecular weight is 294 g/mol. The molecule has 3 aliphatic carbocycles. The maximum atomic E-state index is 12.6. The first-order chi connectivity index (χ1) is 10.5. The summed E-state index contributed by atoms with van der Waals surface area (Å²) in [6.45, 7) is 4.41. The lowest BCUT2D eigenvalue weighted by molar-refractivity contribution is -0.146. The van der Waals surface area contributed by atoms with Crippen molar-refractivity contribution in [3.05, 3.63) is 42.0 Å². The molecule has 2 aliphatic heterocycles. The Balaban J connectivity index is 1.73. The first-order valence-electron chi connectivity index (χ1n) is 8.53. The molecule has 114 valence electrons. The van der Waals surface area contributed by atoms with Gasteiger partial charge in [-0.15, -0.1) is 0 Å². The van der Waals surface area contributed by atoms with Crippen molar-refractivity contribution in [2.75, 3.05) is 0 Å². The summed E-state index contributed by atoms with van der Waals surface area (Å²) >= 11 is 0. The SMILES string of the molecule is C[C@@H]1C(=O)C=C(c2ccccc2)C23CC4CC(OC4(C)C2)C13. The Morgan fingerprint density at radius 2 is 2.00 bits per heavy atom. The third-order valence-electron chi connectivity index (χ3n) is 7.01. The molecule has 4 fully saturated rings. The molecule has 6 rings (SSSR count). The van der Waals surface area contributed by atoms with Crippen molar-refractivity contribution in [1.29, 1.82) is 0 Å². The van der Waals surface area contributed by atoms with Crippen LogP contribution in [0, 0.1) is 23.2 Å². The molecule has 1 aromatic carbocycles. The van der Waals surface area contributed by atoms with E-state index in [0.29, 0.717) is 11.8 Å². The summed E-state index contributed by atoms with van der Waals surface area (Å²) < 4.78 is 6.43. The second-order valence-corrected chi connectivity index (χ2v) is 8.08. The lowest BCUT2D eigenvalue weighted by Gasteiger charge is -2.53. The van der Waals surface area contributed by atoms with Crippen LogP contribution in [0.3, 0.4) is 0 Å². The van der Waals surface area contributed by atoms with E-state index in [4.69, 9.17) is 4.74 Å². The van der Waals surface area contributed by atoms with E-state index in [-0.39, 0.29) is 28.8 Å². The molecular weight excluding hydrogens is 272 g/mol. The van der Waals surface area contributed by atoms with Gasteiger partial charge < -0.3 is 4.74 Å². The predicted molar refractivity (Wildman–Crippen MR) is 85.1 cm³/mol. The van der Waals surface area contributed by atoms with Gasteiger partial charge >= 0.3 is 0 Å². The van der Waals surface area contributed by atoms with E-state index in [1.807, 2.05) is 12.1 Å². The van der Waals surface area contributed by atoms with Crippen LogP contribution < -0.4 is 0 Å². The van der Waals surface area contributed by atoms with Crippen molar-refractivity contribution < 1.29 is 9.53 Å². The van der Waals surface area contributed by atoms with Gasteiger partial charge in [0.1, 0.15) is 0 Å². The first-order valence-corrected chi connectivity index (χ1v) is 8.53. The molecule has 22 heavy (non-hydrogen) atoms. The van der Waals surface area contributed by atoms with Gasteiger partial charge in [0.25, 0.3) is 0 Å². The van der Waals surface area contributed by atoms with Gasteiger partial charge in [0.05, 0.1) is 11.7 Å². The topological polar surface area (TPSA) is 26.3 Å². The van der Waals surface area contributed by atoms with Crippen LogP contribution in [0.15, 0.2) is 36.4 Å². The fourth-order valence-corrected chi connectivity index (χ4v) is 6.24. The number of carbonyl (C=O) groups excluding carboxylic acids is 1. The predicted octanol–water partition coefficient (Wildman–Crippen LogP) is 3.86. The first kappa shape index (κ1) is 13.1. The summed E-state index contributed by atoms with van der Waals surface area (Å²) in [4.78, 5) is 12.6. The van der Waals surface area contributed by atoms with Gasteiger partial charge in [0.15, 0.2) is 5.78 Å². The van der Waals surface area contributed by atoms with Gasteiger partial charge in [-0.2, -0.15) is 0 Å². The smallest absolute Gasteiger partial charge is 0.159 e. The molecule has 2 heterocycles. The molecule has 0 N–H and O–H groups in total. The van der Waals surface area contributed by atoms with Crippen molar-refractivity contribution in [2.45, 2.75) is 44.8 Å². The highest BCUT2D eigenvalue weighted by Crippen LogP contribution is 2.72. The van der Waals surface area contributed by atoms with E-state index >= 15 is 0 Å². The van der Waals surface area contributed by atoms with E-state index in [0.717, 1.165) is 12.8 Å². The summed E-state index contributed by atoms with van der Waals surface area (Å²) in [6.07, 6.45) is 5.69. The average Bonchev–Trinajstić information content (AvgIpc) is 2.87. The fourth-order valence-electron chi connectivity index (χ4n) is 6.24. The minimum absolute atomic E-state index is 0.0368. The standard InChI is InChI=1S/C20H22O2/c1-12-16(21)9-15(13-6-4-3-5-7-13)20-10-14-8-17(18(12)20)22-19(14,2)11-20/h3-7,9,12,14,17-18H,8,10-11H2,1-2H3/t12-,14?,17?,18?,19?,20?/m1/s1. The Morgan fingerprint density at radius 1 is 1.23 bits per heavy atom. The van der Waals surface area contributed by atoms with E-state index in [9.17, 15) is 4.79 Å². The Morgan fingerprint density at radius 3 is 2.73 bits per heavy atom. The van der Waals surface area contributed by atoms with Gasteiger partial charge in [-0.05, 0) is 49.3 Å². The van der Waals surface area contributed by atoms with E-state index < -0.39 is 0 Å². The van der Waals surface area contributed by atoms with Crippen molar-refractivity contribution >= 4 is 11.4 Å². The molecule has 2 heteroatoms. The van der Waals surface area contributed by atoms with Crippen molar-refractivity contribution in [2.24, 2.45) is 23.2 Å². The third-order valence-corrected chi connectivity index (χ3v) is 7.01. The number of hydrogen-bond donors (Lipinski definition) is 0. The largest absolute Gasteiger partial charge is 0.371 e. The number of benzene rings is 1. The lowest BCUT2D eigenvalue weighted by atomic mass is 9.54. The molecule has 5 aliphatic rings. The van der Waals surface area contributed by atoms with Gasteiger partial charge in [0.2, 0.25) is 0 Å². The zero-order chi connectivity index (χ0) is 15.1. The van der Waals surface area contributed by atoms with Crippen LogP contribution in [0.5, 0.6) is 0 Å². The van der Waals surface area contributed by atoms with Crippen LogP contribution in [0.4, 0.5) is 0 Å². The van der Waals surface area contributed by atoms with Crippen LogP contribution in [0.2, 0.25) is 0 Å². The maximum Gasteiger partial charge on any atom is 0.159 e. The van der Waals surface area contributed by atoms with Crippen LogP contribution >= 0.6 is 0 Å². The second-order valence-electron chi connectivity index (χ2n) is 8.08. The molecule has 5 unspecified atom stereocenters. The zero-order valence-corrected chi connectivity index (χ0v) is 13.2. The molecule has 1 aromatic rings. The molecule has 0 aromatic heterocycles. The Bertz CT molecular complexity index is 691. The van der Waals surface area contributed by atoms with Gasteiger partial charge in [-0.3, -0.25) is 4.79 Å². The highest BCUT2D eigenvalue weighted by molar-refractivity contribution is 6.02. The third kappa shape index (κ3) is 1.38. The molecule has 2 saturated carbocycles. The summed E-state index contributed by atoms with van der Waals surface area (Å²) in [5.74, 6) is 1.42. The molecule has 0 radical (unpaired) electrons. The van der Waals surface area contributed by atoms with Crippen LogP contribution in [0.1, 0.15) is 38.7 Å². The number of allylic oxidation sites excluding steroid dienone is 2. The molecule has 0 amide bonds. The molecular formula is C20H22O2. The number of ketones is 1. The number of carbonyl (C=O) groups is 1. The van der Waals surface area contributed by atoms with E-state index in [1.54, 1.807) is 0 Å². The molecule has 1 spiro atoms. The highest BCUT2D eigenvalue weighted by Gasteiger charge is 2.70. The minimum Gasteiger partial charge on any atom is -0.371 e. The molecule has 2 nitrogen and oxygen atoms in total. The van der Waals surface area contributed by atoms with E-state index in [2.05, 4.69) is 38.1 Å². The summed E-state index contributed by atoms with van der Waals surface area (Å²) in [5.41, 5.74) is 2.73. The van der Waals surface area contributed by atoms with Crippen LogP contribution in [-0.2, 0) is 9.53 Å². The lowest BCUT2D eigenvalue weighted by Crippen LogP contribution is -2.52. The maximum absolute atomic E-state index is 12.6. The van der Waals surface area contributed by atoms with Crippen molar-refractivity contribution in [1.82, 2.24) is 0 Å². The van der Waals surface area contributed by atoms with Crippen molar-refractivity contribution in [3.8, 4) is 0 Å². The quantitative estimate of drug-likeness (QED) is 0.786. The molecule has 4 bridgehead atoms. The van der Waals surface area contributed by atoms with Crippen molar-refractivity contribution in [3.63, 3.8) is 0 Å². The van der Waals surface area contributed by atoms with E-state index in [1.165, 1.54) is 17.6 Å².